The van der Waals surface area contributed by atoms with Crippen LogP contribution in [0.2, 0.25) is 0 Å². The minimum atomic E-state index is -0.372. The van der Waals surface area contributed by atoms with Crippen molar-refractivity contribution in [3.8, 4) is 5.69 Å². The highest BCUT2D eigenvalue weighted by atomic mass is 19.1. The number of hydrogen-bond acceptors (Lipinski definition) is 5. The number of fused-ring (bicyclic) bond motifs is 1. The van der Waals surface area contributed by atoms with Crippen LogP contribution in [0, 0.1) is 5.82 Å². The van der Waals surface area contributed by atoms with Crippen LogP contribution < -0.4 is 5.32 Å². The normalized spacial score (nSPS) is 16.1. The lowest BCUT2D eigenvalue weighted by Gasteiger charge is -2.20. The Balaban J connectivity index is 1.65. The summed E-state index contributed by atoms with van der Waals surface area (Å²) in [6.07, 6.45) is 1.94. The molecule has 1 aromatic heterocycles. The van der Waals surface area contributed by atoms with E-state index >= 15 is 0 Å². The number of aromatic nitrogens is 4. The van der Waals surface area contributed by atoms with Gasteiger partial charge >= 0.3 is 0 Å². The first-order chi connectivity index (χ1) is 14.0. The van der Waals surface area contributed by atoms with Crippen molar-refractivity contribution in [3.05, 3.63) is 71.3 Å². The molecule has 8 nitrogen and oxygen atoms in total. The highest BCUT2D eigenvalue weighted by Gasteiger charge is 2.26. The topological polar surface area (TPSA) is 93.0 Å². The third kappa shape index (κ3) is 3.84. The molecule has 0 saturated carbocycles. The maximum atomic E-state index is 13.8. The number of benzene rings is 2. The molecule has 0 spiro atoms. The van der Waals surface area contributed by atoms with E-state index in [1.807, 2.05) is 0 Å². The number of tetrazole rings is 1. The van der Waals surface area contributed by atoms with Crippen molar-refractivity contribution in [2.75, 3.05) is 6.54 Å². The molecule has 2 amide bonds. The van der Waals surface area contributed by atoms with E-state index in [0.717, 1.165) is 5.56 Å². The van der Waals surface area contributed by atoms with E-state index in [0.29, 0.717) is 36.3 Å². The average molecular weight is 394 g/mol. The SMILES string of the molecule is CC(=O)N1CCC(NC(=O)c2ccccc2-n2cnnn2)c2ccc(F)cc2C1. The summed E-state index contributed by atoms with van der Waals surface area (Å²) in [5, 5.41) is 14.1. The first kappa shape index (κ1) is 18.7. The van der Waals surface area contributed by atoms with Gasteiger partial charge in [0.2, 0.25) is 5.91 Å². The Morgan fingerprint density at radius 2 is 2.03 bits per heavy atom. The van der Waals surface area contributed by atoms with Gasteiger partial charge in [-0.3, -0.25) is 9.59 Å². The predicted molar refractivity (Wildman–Crippen MR) is 101 cm³/mol. The Morgan fingerprint density at radius 3 is 2.79 bits per heavy atom. The molecule has 0 radical (unpaired) electrons. The van der Waals surface area contributed by atoms with Gasteiger partial charge in [-0.25, -0.2) is 4.39 Å². The zero-order valence-corrected chi connectivity index (χ0v) is 15.7. The molecule has 0 fully saturated rings. The number of nitrogens with one attached hydrogen (secondary N) is 1. The van der Waals surface area contributed by atoms with Gasteiger partial charge in [-0.2, -0.15) is 4.68 Å². The van der Waals surface area contributed by atoms with Crippen LogP contribution in [-0.2, 0) is 11.3 Å². The monoisotopic (exact) mass is 394 g/mol. The van der Waals surface area contributed by atoms with Crippen molar-refractivity contribution in [2.45, 2.75) is 25.9 Å². The van der Waals surface area contributed by atoms with Gasteiger partial charge in [0, 0.05) is 20.0 Å². The van der Waals surface area contributed by atoms with Crippen LogP contribution in [0.5, 0.6) is 0 Å². The number of nitrogens with zero attached hydrogens (tertiary/aromatic N) is 5. The predicted octanol–water partition coefficient (Wildman–Crippen LogP) is 2.02. The molecule has 1 aliphatic rings. The summed E-state index contributed by atoms with van der Waals surface area (Å²) in [5.74, 6) is -0.757. The number of amides is 2. The molecular formula is C20H19FN6O2. The molecule has 1 unspecified atom stereocenters. The van der Waals surface area contributed by atoms with Crippen molar-refractivity contribution in [1.82, 2.24) is 30.4 Å². The molecule has 1 aliphatic heterocycles. The van der Waals surface area contributed by atoms with Gasteiger partial charge in [0.15, 0.2) is 0 Å². The molecule has 0 aliphatic carbocycles. The molecule has 1 atom stereocenters. The van der Waals surface area contributed by atoms with Crippen molar-refractivity contribution in [1.29, 1.82) is 0 Å². The third-order valence-corrected chi connectivity index (χ3v) is 5.02. The van der Waals surface area contributed by atoms with Crippen molar-refractivity contribution < 1.29 is 14.0 Å². The number of carbonyl (C=O) groups excluding carboxylic acids is 2. The van der Waals surface area contributed by atoms with Gasteiger partial charge in [-0.05, 0) is 52.2 Å². The first-order valence-electron chi connectivity index (χ1n) is 9.20. The largest absolute Gasteiger partial charge is 0.345 e. The van der Waals surface area contributed by atoms with Crippen LogP contribution in [0.4, 0.5) is 4.39 Å². The standard InChI is InChI=1S/C20H19FN6O2/c1-13(28)26-9-8-18(16-7-6-15(21)10-14(16)11-26)23-20(29)17-4-2-3-5-19(17)27-12-22-24-25-27/h2-7,10,12,18H,8-9,11H2,1H3,(H,23,29). The Kier molecular flexibility index (Phi) is 5.03. The molecule has 0 bridgehead atoms. The lowest BCUT2D eigenvalue weighted by molar-refractivity contribution is -0.129. The Bertz CT molecular complexity index is 1050. The van der Waals surface area contributed by atoms with E-state index in [-0.39, 0.29) is 23.7 Å². The minimum absolute atomic E-state index is 0.0868. The fourth-order valence-corrected chi connectivity index (χ4v) is 3.57. The van der Waals surface area contributed by atoms with Crippen molar-refractivity contribution in [3.63, 3.8) is 0 Å². The van der Waals surface area contributed by atoms with Gasteiger partial charge in [-0.15, -0.1) is 5.10 Å². The molecule has 2 heterocycles. The van der Waals surface area contributed by atoms with E-state index < -0.39 is 0 Å². The van der Waals surface area contributed by atoms with Crippen LogP contribution in [0.3, 0.4) is 0 Å². The fraction of sp³-hybridized carbons (Fsp3) is 0.250. The lowest BCUT2D eigenvalue weighted by atomic mass is 9.98. The molecule has 0 saturated heterocycles. The van der Waals surface area contributed by atoms with E-state index in [2.05, 4.69) is 20.8 Å². The van der Waals surface area contributed by atoms with Crippen LogP contribution in [0.15, 0.2) is 48.8 Å². The molecule has 4 rings (SSSR count). The average Bonchev–Trinajstić information content (AvgIpc) is 3.18. The summed E-state index contributed by atoms with van der Waals surface area (Å²) in [4.78, 5) is 26.6. The highest BCUT2D eigenvalue weighted by Crippen LogP contribution is 2.28. The molecule has 1 N–H and O–H groups in total. The van der Waals surface area contributed by atoms with E-state index in [9.17, 15) is 14.0 Å². The number of carbonyl (C=O) groups is 2. The van der Waals surface area contributed by atoms with Gasteiger partial charge < -0.3 is 10.2 Å². The number of halogens is 1. The first-order valence-corrected chi connectivity index (χ1v) is 9.20. The zero-order valence-electron chi connectivity index (χ0n) is 15.7. The highest BCUT2D eigenvalue weighted by molar-refractivity contribution is 5.98. The lowest BCUT2D eigenvalue weighted by Crippen LogP contribution is -2.32. The van der Waals surface area contributed by atoms with Gasteiger partial charge in [0.25, 0.3) is 5.91 Å². The second kappa shape index (κ2) is 7.78. The maximum absolute atomic E-state index is 13.8. The summed E-state index contributed by atoms with van der Waals surface area (Å²) < 4.78 is 15.2. The second-order valence-corrected chi connectivity index (χ2v) is 6.87. The van der Waals surface area contributed by atoms with Gasteiger partial charge in [0.05, 0.1) is 17.3 Å². The van der Waals surface area contributed by atoms with Gasteiger partial charge in [-0.1, -0.05) is 18.2 Å². The Labute approximate surface area is 166 Å². The summed E-state index contributed by atoms with van der Waals surface area (Å²) in [6.45, 7) is 2.27. The van der Waals surface area contributed by atoms with Crippen LogP contribution in [-0.4, -0.2) is 43.5 Å². The Hall–Kier alpha value is -3.62. The van der Waals surface area contributed by atoms with E-state index in [4.69, 9.17) is 0 Å². The van der Waals surface area contributed by atoms with E-state index in [1.165, 1.54) is 30.1 Å². The number of hydrogen-bond donors (Lipinski definition) is 1. The maximum Gasteiger partial charge on any atom is 0.253 e. The fourth-order valence-electron chi connectivity index (χ4n) is 3.57. The van der Waals surface area contributed by atoms with Crippen LogP contribution >= 0.6 is 0 Å². The number of para-hydroxylation sites is 1. The van der Waals surface area contributed by atoms with E-state index in [1.54, 1.807) is 35.2 Å². The zero-order chi connectivity index (χ0) is 20.4. The van der Waals surface area contributed by atoms with Crippen LogP contribution in [0.25, 0.3) is 5.69 Å². The molecule has 29 heavy (non-hydrogen) atoms. The van der Waals surface area contributed by atoms with Gasteiger partial charge in [0.1, 0.15) is 12.1 Å². The third-order valence-electron chi connectivity index (χ3n) is 5.02. The summed E-state index contributed by atoms with van der Waals surface area (Å²) >= 11 is 0. The van der Waals surface area contributed by atoms with Crippen molar-refractivity contribution in [2.24, 2.45) is 0 Å². The minimum Gasteiger partial charge on any atom is -0.345 e. The smallest absolute Gasteiger partial charge is 0.253 e. The van der Waals surface area contributed by atoms with Crippen LogP contribution in [0.1, 0.15) is 40.9 Å². The van der Waals surface area contributed by atoms with Crippen molar-refractivity contribution >= 4 is 11.8 Å². The summed E-state index contributed by atoms with van der Waals surface area (Å²) in [7, 11) is 0. The Morgan fingerprint density at radius 1 is 1.21 bits per heavy atom. The molecule has 148 valence electrons. The molecule has 3 aromatic rings. The quantitative estimate of drug-likeness (QED) is 0.734. The molecule has 2 aromatic carbocycles. The molecule has 9 heteroatoms. The molecular weight excluding hydrogens is 375 g/mol. The number of rotatable bonds is 3. The second-order valence-electron chi connectivity index (χ2n) is 6.87. The summed E-state index contributed by atoms with van der Waals surface area (Å²) in [6, 6.07) is 11.1. The summed E-state index contributed by atoms with van der Waals surface area (Å²) in [5.41, 5.74) is 2.46.